The number of hydrogen-bond donors (Lipinski definition) is 1. The lowest BCUT2D eigenvalue weighted by molar-refractivity contribution is 0.0690. The Bertz CT molecular complexity index is 875. The molecule has 0 aliphatic carbocycles. The Kier molecular flexibility index (Phi) is 4.29. The minimum atomic E-state index is -1.16. The van der Waals surface area contributed by atoms with Gasteiger partial charge in [0.2, 0.25) is 0 Å². The minimum Gasteiger partial charge on any atom is -0.486 e. The van der Waals surface area contributed by atoms with Gasteiger partial charge in [-0.1, -0.05) is 36.4 Å². The number of aryl methyl sites for hydroxylation is 1. The predicted molar refractivity (Wildman–Crippen MR) is 86.3 cm³/mol. The maximum Gasteiger partial charge on any atom is 0.357 e. The lowest BCUT2D eigenvalue weighted by Crippen LogP contribution is -2.01. The highest BCUT2D eigenvalue weighted by atomic mass is 19.1. The highest BCUT2D eigenvalue weighted by Gasteiger charge is 2.17. The average Bonchev–Trinajstić information content (AvgIpc) is 2.97. The molecule has 3 aromatic rings. The SMILES string of the molecule is Cn1cc(-c2ccc(OCc3ccccc3)c(F)c2)c(C(=O)O)n1. The van der Waals surface area contributed by atoms with Crippen molar-refractivity contribution in [1.82, 2.24) is 9.78 Å². The fourth-order valence-corrected chi connectivity index (χ4v) is 2.38. The van der Waals surface area contributed by atoms with Crippen molar-refractivity contribution in [3.63, 3.8) is 0 Å². The lowest BCUT2D eigenvalue weighted by atomic mass is 10.1. The van der Waals surface area contributed by atoms with Gasteiger partial charge in [0, 0.05) is 18.8 Å². The zero-order valence-corrected chi connectivity index (χ0v) is 12.9. The van der Waals surface area contributed by atoms with Gasteiger partial charge in [-0.05, 0) is 23.3 Å². The van der Waals surface area contributed by atoms with Gasteiger partial charge in [0.25, 0.3) is 0 Å². The summed E-state index contributed by atoms with van der Waals surface area (Å²) >= 11 is 0. The van der Waals surface area contributed by atoms with E-state index in [4.69, 9.17) is 4.74 Å². The first-order valence-corrected chi connectivity index (χ1v) is 7.28. The summed E-state index contributed by atoms with van der Waals surface area (Å²) in [5.41, 5.74) is 1.61. The number of carbonyl (C=O) groups is 1. The standard InChI is InChI=1S/C18H15FN2O3/c1-21-10-14(17(20-21)18(22)23)13-7-8-16(15(19)9-13)24-11-12-5-3-2-4-6-12/h2-10H,11H2,1H3,(H,22,23). The summed E-state index contributed by atoms with van der Waals surface area (Å²) in [5.74, 6) is -1.59. The van der Waals surface area contributed by atoms with E-state index in [-0.39, 0.29) is 18.1 Å². The van der Waals surface area contributed by atoms with E-state index in [1.54, 1.807) is 19.3 Å². The monoisotopic (exact) mass is 326 g/mol. The minimum absolute atomic E-state index is 0.114. The van der Waals surface area contributed by atoms with Crippen molar-refractivity contribution in [2.75, 3.05) is 0 Å². The molecule has 0 radical (unpaired) electrons. The van der Waals surface area contributed by atoms with Crippen molar-refractivity contribution in [2.45, 2.75) is 6.61 Å². The molecule has 0 unspecified atom stereocenters. The van der Waals surface area contributed by atoms with Crippen molar-refractivity contribution in [1.29, 1.82) is 0 Å². The highest BCUT2D eigenvalue weighted by molar-refractivity contribution is 5.93. The number of benzene rings is 2. The van der Waals surface area contributed by atoms with Gasteiger partial charge in [0.1, 0.15) is 6.61 Å². The van der Waals surface area contributed by atoms with Gasteiger partial charge in [0.15, 0.2) is 17.3 Å². The third-order valence-electron chi connectivity index (χ3n) is 3.51. The number of rotatable bonds is 5. The fourth-order valence-electron chi connectivity index (χ4n) is 2.38. The van der Waals surface area contributed by atoms with E-state index >= 15 is 0 Å². The van der Waals surface area contributed by atoms with Gasteiger partial charge in [0.05, 0.1) is 0 Å². The molecule has 24 heavy (non-hydrogen) atoms. The molecule has 0 amide bonds. The quantitative estimate of drug-likeness (QED) is 0.779. The van der Waals surface area contributed by atoms with E-state index in [0.29, 0.717) is 11.1 Å². The summed E-state index contributed by atoms with van der Waals surface area (Å²) in [6, 6.07) is 13.8. The van der Waals surface area contributed by atoms with Crippen LogP contribution in [-0.4, -0.2) is 20.9 Å². The lowest BCUT2D eigenvalue weighted by Gasteiger charge is -2.08. The molecular formula is C18H15FN2O3. The summed E-state index contributed by atoms with van der Waals surface area (Å²) in [7, 11) is 1.61. The van der Waals surface area contributed by atoms with Gasteiger partial charge in [-0.3, -0.25) is 4.68 Å². The summed E-state index contributed by atoms with van der Waals surface area (Å²) in [6.07, 6.45) is 1.54. The van der Waals surface area contributed by atoms with Crippen molar-refractivity contribution in [3.05, 3.63) is 71.8 Å². The molecule has 0 saturated carbocycles. The van der Waals surface area contributed by atoms with Gasteiger partial charge < -0.3 is 9.84 Å². The molecule has 0 atom stereocenters. The largest absolute Gasteiger partial charge is 0.486 e. The fraction of sp³-hybridized carbons (Fsp3) is 0.111. The average molecular weight is 326 g/mol. The molecule has 1 heterocycles. The topological polar surface area (TPSA) is 64.3 Å². The van der Waals surface area contributed by atoms with Crippen LogP contribution in [0.15, 0.2) is 54.7 Å². The molecule has 0 bridgehead atoms. The molecule has 1 aromatic heterocycles. The van der Waals surface area contributed by atoms with Gasteiger partial charge >= 0.3 is 5.97 Å². The molecule has 0 saturated heterocycles. The molecule has 0 aliphatic heterocycles. The van der Waals surface area contributed by atoms with Crippen LogP contribution in [0.3, 0.4) is 0 Å². The van der Waals surface area contributed by atoms with Crippen molar-refractivity contribution >= 4 is 5.97 Å². The summed E-state index contributed by atoms with van der Waals surface area (Å²) < 4.78 is 21.1. The molecule has 2 aromatic carbocycles. The van der Waals surface area contributed by atoms with Crippen molar-refractivity contribution in [2.24, 2.45) is 7.05 Å². The second kappa shape index (κ2) is 6.54. The number of hydrogen-bond acceptors (Lipinski definition) is 3. The van der Waals surface area contributed by atoms with Crippen LogP contribution in [-0.2, 0) is 13.7 Å². The van der Waals surface area contributed by atoms with Crippen LogP contribution in [0, 0.1) is 5.82 Å². The van der Waals surface area contributed by atoms with Crippen molar-refractivity contribution in [3.8, 4) is 16.9 Å². The number of carboxylic acid groups (broad SMARTS) is 1. The predicted octanol–water partition coefficient (Wildman–Crippen LogP) is 3.50. The normalized spacial score (nSPS) is 10.6. The number of carboxylic acids is 1. The molecule has 3 rings (SSSR count). The summed E-state index contributed by atoms with van der Waals surface area (Å²) in [5, 5.41) is 13.1. The molecule has 0 fully saturated rings. The van der Waals surface area contributed by atoms with E-state index in [2.05, 4.69) is 5.10 Å². The number of ether oxygens (including phenoxy) is 1. The first-order valence-electron chi connectivity index (χ1n) is 7.28. The number of halogens is 1. The zero-order valence-electron chi connectivity index (χ0n) is 12.9. The number of aromatic nitrogens is 2. The van der Waals surface area contributed by atoms with Gasteiger partial charge in [-0.15, -0.1) is 0 Å². The van der Waals surface area contributed by atoms with E-state index in [9.17, 15) is 14.3 Å². The Morgan fingerprint density at radius 3 is 2.67 bits per heavy atom. The Hall–Kier alpha value is -3.15. The second-order valence-electron chi connectivity index (χ2n) is 5.29. The Labute approximate surface area is 137 Å². The zero-order chi connectivity index (χ0) is 17.1. The van der Waals surface area contributed by atoms with Crippen LogP contribution in [0.4, 0.5) is 4.39 Å². The molecule has 0 aliphatic rings. The van der Waals surface area contributed by atoms with E-state index in [1.165, 1.54) is 16.8 Å². The van der Waals surface area contributed by atoms with Crippen LogP contribution in [0.5, 0.6) is 5.75 Å². The Morgan fingerprint density at radius 2 is 2.00 bits per heavy atom. The van der Waals surface area contributed by atoms with Crippen LogP contribution < -0.4 is 4.74 Å². The number of aromatic carboxylic acids is 1. The first-order chi connectivity index (χ1) is 11.5. The maximum atomic E-state index is 14.3. The molecule has 5 nitrogen and oxygen atoms in total. The Balaban J connectivity index is 1.84. The van der Waals surface area contributed by atoms with Crippen LogP contribution in [0.2, 0.25) is 0 Å². The van der Waals surface area contributed by atoms with Crippen LogP contribution in [0.1, 0.15) is 16.1 Å². The van der Waals surface area contributed by atoms with Gasteiger partial charge in [-0.2, -0.15) is 5.10 Å². The van der Waals surface area contributed by atoms with Crippen molar-refractivity contribution < 1.29 is 19.0 Å². The third kappa shape index (κ3) is 3.27. The molecule has 0 spiro atoms. The van der Waals surface area contributed by atoms with E-state index in [1.807, 2.05) is 30.3 Å². The van der Waals surface area contributed by atoms with E-state index in [0.717, 1.165) is 5.56 Å². The smallest absolute Gasteiger partial charge is 0.357 e. The molecule has 6 heteroatoms. The summed E-state index contributed by atoms with van der Waals surface area (Å²) in [6.45, 7) is 0.254. The van der Waals surface area contributed by atoms with Crippen LogP contribution >= 0.6 is 0 Å². The molecular weight excluding hydrogens is 311 g/mol. The van der Waals surface area contributed by atoms with Gasteiger partial charge in [-0.25, -0.2) is 9.18 Å². The van der Waals surface area contributed by atoms with Crippen LogP contribution in [0.25, 0.3) is 11.1 Å². The highest BCUT2D eigenvalue weighted by Crippen LogP contribution is 2.28. The second-order valence-corrected chi connectivity index (χ2v) is 5.29. The third-order valence-corrected chi connectivity index (χ3v) is 3.51. The molecule has 1 N–H and O–H groups in total. The Morgan fingerprint density at radius 1 is 1.25 bits per heavy atom. The molecule has 122 valence electrons. The number of nitrogens with zero attached hydrogens (tertiary/aromatic N) is 2. The summed E-state index contributed by atoms with van der Waals surface area (Å²) in [4.78, 5) is 11.2. The van der Waals surface area contributed by atoms with E-state index < -0.39 is 11.8 Å². The maximum absolute atomic E-state index is 14.3. The first kappa shape index (κ1) is 15.7.